The topological polar surface area (TPSA) is 51.8 Å². The summed E-state index contributed by atoms with van der Waals surface area (Å²) in [5.74, 6) is 0.657. The molecule has 24 heavy (non-hydrogen) atoms. The molecule has 0 aromatic carbocycles. The van der Waals surface area contributed by atoms with Gasteiger partial charge in [0.15, 0.2) is 5.69 Å². The zero-order chi connectivity index (χ0) is 17.2. The molecule has 132 valence electrons. The predicted molar refractivity (Wildman–Crippen MR) is 76.8 cm³/mol. The molecule has 0 spiro atoms. The fraction of sp³-hybridized carbons (Fsp3) is 0.643. The Kier molecular flexibility index (Phi) is 4.83. The van der Waals surface area contributed by atoms with Gasteiger partial charge >= 0.3 is 6.18 Å². The molecule has 1 aliphatic rings. The summed E-state index contributed by atoms with van der Waals surface area (Å²) in [5, 5.41) is 7.64. The van der Waals surface area contributed by atoms with Gasteiger partial charge in [0.25, 0.3) is 0 Å². The maximum Gasteiger partial charge on any atom is 0.435 e. The highest BCUT2D eigenvalue weighted by atomic mass is 19.4. The van der Waals surface area contributed by atoms with E-state index in [9.17, 15) is 17.6 Å². The molecule has 0 aliphatic carbocycles. The second-order valence-electron chi connectivity index (χ2n) is 5.80. The monoisotopic (exact) mass is 346 g/mol. The highest BCUT2D eigenvalue weighted by molar-refractivity contribution is 5.04. The first-order chi connectivity index (χ1) is 11.5. The normalized spacial score (nSPS) is 19.8. The molecule has 1 saturated heterocycles. The lowest BCUT2D eigenvalue weighted by atomic mass is 10.1. The predicted octanol–water partition coefficient (Wildman–Crippen LogP) is 2.30. The van der Waals surface area contributed by atoms with Gasteiger partial charge in [-0.1, -0.05) is 0 Å². The van der Waals surface area contributed by atoms with E-state index in [-0.39, 0.29) is 12.6 Å². The summed E-state index contributed by atoms with van der Waals surface area (Å²) >= 11 is 0. The maximum atomic E-state index is 12.7. The van der Waals surface area contributed by atoms with Crippen molar-refractivity contribution in [3.8, 4) is 0 Å². The Balaban J connectivity index is 1.66. The lowest BCUT2D eigenvalue weighted by molar-refractivity contribution is -0.141. The van der Waals surface area contributed by atoms with Crippen molar-refractivity contribution >= 4 is 0 Å². The van der Waals surface area contributed by atoms with Crippen LogP contribution in [0.1, 0.15) is 30.4 Å². The first kappa shape index (κ1) is 16.9. The van der Waals surface area contributed by atoms with Gasteiger partial charge in [0.2, 0.25) is 0 Å². The zero-order valence-corrected chi connectivity index (χ0v) is 13.0. The summed E-state index contributed by atoms with van der Waals surface area (Å²) in [6.45, 7) is 1.50. The summed E-state index contributed by atoms with van der Waals surface area (Å²) in [6.07, 6.45) is -0.0454. The van der Waals surface area contributed by atoms with Crippen LogP contribution in [0.25, 0.3) is 0 Å². The quantitative estimate of drug-likeness (QED) is 0.780. The Hall–Kier alpha value is -1.97. The van der Waals surface area contributed by atoms with Crippen LogP contribution < -0.4 is 0 Å². The Morgan fingerprint density at radius 2 is 2.12 bits per heavy atom. The summed E-state index contributed by atoms with van der Waals surface area (Å²) in [7, 11) is 0. The summed E-state index contributed by atoms with van der Waals surface area (Å²) < 4.78 is 53.4. The van der Waals surface area contributed by atoms with Crippen LogP contribution >= 0.6 is 0 Å². The van der Waals surface area contributed by atoms with Crippen LogP contribution in [0.15, 0.2) is 18.6 Å². The first-order valence-corrected chi connectivity index (χ1v) is 7.74. The van der Waals surface area contributed by atoms with E-state index in [1.165, 1.54) is 21.9 Å². The van der Waals surface area contributed by atoms with Crippen LogP contribution in [0.2, 0.25) is 0 Å². The first-order valence-electron chi connectivity index (χ1n) is 7.74. The molecule has 6 nitrogen and oxygen atoms in total. The number of hydrogen-bond donors (Lipinski definition) is 0. The average Bonchev–Trinajstić information content (AvgIpc) is 3.18. The molecule has 2 aromatic rings. The summed E-state index contributed by atoms with van der Waals surface area (Å²) in [4.78, 5) is 6.22. The maximum absolute atomic E-state index is 12.7. The molecular formula is C14H18F4N6. The summed E-state index contributed by atoms with van der Waals surface area (Å²) in [5.41, 5.74) is -0.873. The summed E-state index contributed by atoms with van der Waals surface area (Å²) in [6, 6.07) is 0.879. The van der Waals surface area contributed by atoms with Gasteiger partial charge < -0.3 is 0 Å². The van der Waals surface area contributed by atoms with Crippen LogP contribution in [0, 0.1) is 0 Å². The second kappa shape index (κ2) is 6.88. The minimum atomic E-state index is -4.43. The zero-order valence-electron chi connectivity index (χ0n) is 13.0. The van der Waals surface area contributed by atoms with Crippen molar-refractivity contribution < 1.29 is 17.6 Å². The third kappa shape index (κ3) is 3.74. The molecule has 0 unspecified atom stereocenters. The van der Waals surface area contributed by atoms with Crippen molar-refractivity contribution in [1.29, 1.82) is 0 Å². The molecule has 1 fully saturated rings. The minimum absolute atomic E-state index is 0.118. The highest BCUT2D eigenvalue weighted by Crippen LogP contribution is 2.29. The van der Waals surface area contributed by atoms with E-state index in [4.69, 9.17) is 0 Å². The van der Waals surface area contributed by atoms with E-state index in [2.05, 4.69) is 20.1 Å². The number of aromatic nitrogens is 5. The number of aryl methyl sites for hydroxylation is 1. The van der Waals surface area contributed by atoms with Crippen molar-refractivity contribution in [3.05, 3.63) is 30.1 Å². The van der Waals surface area contributed by atoms with Gasteiger partial charge in [-0.2, -0.15) is 23.4 Å². The molecule has 1 atom stereocenters. The Labute approximate surface area is 136 Å². The minimum Gasteiger partial charge on any atom is -0.294 e. The van der Waals surface area contributed by atoms with Crippen LogP contribution in [0.4, 0.5) is 17.6 Å². The van der Waals surface area contributed by atoms with Gasteiger partial charge in [-0.3, -0.25) is 9.58 Å². The molecular weight excluding hydrogens is 328 g/mol. The van der Waals surface area contributed by atoms with Gasteiger partial charge in [-0.25, -0.2) is 14.1 Å². The van der Waals surface area contributed by atoms with E-state index < -0.39 is 18.5 Å². The molecule has 3 heterocycles. The van der Waals surface area contributed by atoms with Crippen molar-refractivity contribution in [2.45, 2.75) is 38.1 Å². The Morgan fingerprint density at radius 1 is 1.29 bits per heavy atom. The standard InChI is InChI=1S/C14H18F4N6/c15-4-7-24-13(19-10-20-24)9-22-5-1-2-11(8-22)23-6-3-12(21-23)14(16,17)18/h3,6,10-11H,1-2,4-5,7-9H2/t11-/m1/s1. The van der Waals surface area contributed by atoms with Crippen molar-refractivity contribution in [2.75, 3.05) is 19.8 Å². The van der Waals surface area contributed by atoms with Crippen molar-refractivity contribution in [1.82, 2.24) is 29.4 Å². The molecule has 1 aliphatic heterocycles. The van der Waals surface area contributed by atoms with Crippen molar-refractivity contribution in [2.24, 2.45) is 0 Å². The number of rotatable bonds is 5. The second-order valence-corrected chi connectivity index (χ2v) is 5.80. The molecule has 0 N–H and O–H groups in total. The molecule has 0 bridgehead atoms. The van der Waals surface area contributed by atoms with Gasteiger partial charge in [0.05, 0.1) is 19.1 Å². The number of hydrogen-bond acceptors (Lipinski definition) is 4. The van der Waals surface area contributed by atoms with Gasteiger partial charge in [0, 0.05) is 12.7 Å². The van der Waals surface area contributed by atoms with E-state index in [0.29, 0.717) is 18.9 Å². The Bertz CT molecular complexity index is 664. The third-order valence-corrected chi connectivity index (χ3v) is 4.11. The number of piperidine rings is 1. The molecule has 10 heteroatoms. The van der Waals surface area contributed by atoms with Crippen LogP contribution in [0.5, 0.6) is 0 Å². The lowest BCUT2D eigenvalue weighted by Gasteiger charge is -2.32. The van der Waals surface area contributed by atoms with Gasteiger partial charge in [-0.15, -0.1) is 0 Å². The molecule has 0 radical (unpaired) electrons. The van der Waals surface area contributed by atoms with Gasteiger partial charge in [-0.05, 0) is 25.5 Å². The SMILES string of the molecule is FCCn1ncnc1CN1CCC[C@@H](n2ccc(C(F)(F)F)n2)C1. The smallest absolute Gasteiger partial charge is 0.294 e. The van der Waals surface area contributed by atoms with Crippen LogP contribution in [-0.2, 0) is 19.3 Å². The average molecular weight is 346 g/mol. The fourth-order valence-electron chi connectivity index (χ4n) is 2.96. The van der Waals surface area contributed by atoms with Crippen LogP contribution in [0.3, 0.4) is 0 Å². The number of likely N-dealkylation sites (tertiary alicyclic amines) is 1. The molecule has 2 aromatic heterocycles. The number of alkyl halides is 4. The van der Waals surface area contributed by atoms with E-state index >= 15 is 0 Å². The molecule has 0 amide bonds. The lowest BCUT2D eigenvalue weighted by Crippen LogP contribution is -2.37. The fourth-order valence-corrected chi connectivity index (χ4v) is 2.96. The Morgan fingerprint density at radius 3 is 2.83 bits per heavy atom. The number of halogens is 4. The van der Waals surface area contributed by atoms with Crippen molar-refractivity contribution in [3.63, 3.8) is 0 Å². The molecule has 3 rings (SSSR count). The number of nitrogens with zero attached hydrogens (tertiary/aromatic N) is 6. The van der Waals surface area contributed by atoms with E-state index in [1.54, 1.807) is 0 Å². The largest absolute Gasteiger partial charge is 0.435 e. The van der Waals surface area contributed by atoms with Crippen LogP contribution in [-0.4, -0.2) is 49.2 Å². The van der Waals surface area contributed by atoms with E-state index in [1.807, 2.05) is 0 Å². The molecule has 0 saturated carbocycles. The van der Waals surface area contributed by atoms with Gasteiger partial charge in [0.1, 0.15) is 18.8 Å². The highest BCUT2D eigenvalue weighted by Gasteiger charge is 2.34. The van der Waals surface area contributed by atoms with E-state index in [0.717, 1.165) is 25.5 Å². The third-order valence-electron chi connectivity index (χ3n) is 4.11.